The molecule has 0 saturated carbocycles. The van der Waals surface area contributed by atoms with E-state index in [1.807, 2.05) is 0 Å². The smallest absolute Gasteiger partial charge is 0.337 e. The summed E-state index contributed by atoms with van der Waals surface area (Å²) in [6, 6.07) is 15.0. The number of carbonyl (C=O) groups is 2. The number of thiophene rings is 1. The quantitative estimate of drug-likeness (QED) is 0.639. The number of hydrogen-bond donors (Lipinski definition) is 1. The summed E-state index contributed by atoms with van der Waals surface area (Å²) in [6.07, 6.45) is 0.204. The number of benzene rings is 2. The number of esters is 1. The molecule has 1 amide bonds. The first kappa shape index (κ1) is 19.4. The lowest BCUT2D eigenvalue weighted by Gasteiger charge is -2.24. The van der Waals surface area contributed by atoms with Crippen LogP contribution in [0.15, 0.2) is 69.8 Å². The van der Waals surface area contributed by atoms with E-state index in [1.54, 1.807) is 47.8 Å². The van der Waals surface area contributed by atoms with Crippen molar-refractivity contribution in [3.8, 4) is 0 Å². The van der Waals surface area contributed by atoms with Crippen molar-refractivity contribution in [3.63, 3.8) is 0 Å². The molecule has 29 heavy (non-hydrogen) atoms. The minimum atomic E-state index is -3.75. The van der Waals surface area contributed by atoms with Crippen LogP contribution < -0.4 is 5.32 Å². The molecule has 1 atom stereocenters. The Morgan fingerprint density at radius 2 is 1.79 bits per heavy atom. The van der Waals surface area contributed by atoms with E-state index in [4.69, 9.17) is 4.74 Å². The van der Waals surface area contributed by atoms with Gasteiger partial charge in [0.25, 0.3) is 0 Å². The summed E-state index contributed by atoms with van der Waals surface area (Å²) in [7, 11) is -2.44. The summed E-state index contributed by atoms with van der Waals surface area (Å²) < 4.78 is 30.9. The molecule has 2 aromatic carbocycles. The third kappa shape index (κ3) is 3.45. The standard InChI is InChI=1S/C21H17NO5S2/c1-27-21(24)14-9-7-13(8-10-14)16-11-18(23)22-19-17(12-28-20(16)19)29(25,26)15-5-3-2-4-6-15/h2-10,12,16H,11H2,1H3,(H,22,23). The Balaban J connectivity index is 1.76. The number of ether oxygens (including phenoxy) is 1. The first-order valence-electron chi connectivity index (χ1n) is 8.81. The third-order valence-corrected chi connectivity index (χ3v) is 7.87. The second-order valence-electron chi connectivity index (χ2n) is 6.57. The van der Waals surface area contributed by atoms with Gasteiger partial charge in [-0.1, -0.05) is 30.3 Å². The highest BCUT2D eigenvalue weighted by Crippen LogP contribution is 2.45. The molecular formula is C21H17NO5S2. The largest absolute Gasteiger partial charge is 0.465 e. The molecule has 0 saturated heterocycles. The number of nitrogens with one attached hydrogen (secondary N) is 1. The Hall–Kier alpha value is -2.97. The van der Waals surface area contributed by atoms with Gasteiger partial charge in [-0.05, 0) is 29.8 Å². The second kappa shape index (κ2) is 7.46. The maximum atomic E-state index is 13.1. The SMILES string of the molecule is COC(=O)c1ccc(C2CC(=O)Nc3c(S(=O)(=O)c4ccccc4)csc32)cc1. The van der Waals surface area contributed by atoms with E-state index in [9.17, 15) is 18.0 Å². The van der Waals surface area contributed by atoms with Crippen LogP contribution in [0.25, 0.3) is 0 Å². The zero-order valence-electron chi connectivity index (χ0n) is 15.4. The van der Waals surface area contributed by atoms with Crippen LogP contribution in [-0.4, -0.2) is 27.4 Å². The normalized spacial score (nSPS) is 16.0. The Morgan fingerprint density at radius 3 is 2.45 bits per heavy atom. The molecule has 8 heteroatoms. The van der Waals surface area contributed by atoms with E-state index in [0.717, 1.165) is 10.4 Å². The molecule has 0 aliphatic carbocycles. The maximum Gasteiger partial charge on any atom is 0.337 e. The fourth-order valence-corrected chi connectivity index (χ4v) is 6.30. The molecule has 4 rings (SSSR count). The lowest BCUT2D eigenvalue weighted by atomic mass is 9.90. The fraction of sp³-hybridized carbons (Fsp3) is 0.143. The fourth-order valence-electron chi connectivity index (χ4n) is 3.37. The van der Waals surface area contributed by atoms with E-state index >= 15 is 0 Å². The van der Waals surface area contributed by atoms with Gasteiger partial charge in [-0.15, -0.1) is 11.3 Å². The zero-order valence-corrected chi connectivity index (χ0v) is 17.0. The average molecular weight is 428 g/mol. The Bertz CT molecular complexity index is 1180. The van der Waals surface area contributed by atoms with Crippen molar-refractivity contribution in [3.05, 3.63) is 76.0 Å². The summed E-state index contributed by atoms with van der Waals surface area (Å²) in [5, 5.41) is 4.32. The number of methoxy groups -OCH3 is 1. The Labute approximate surface area is 172 Å². The first-order valence-corrected chi connectivity index (χ1v) is 11.2. The van der Waals surface area contributed by atoms with E-state index in [0.29, 0.717) is 11.3 Å². The zero-order chi connectivity index (χ0) is 20.6. The molecule has 2 heterocycles. The maximum absolute atomic E-state index is 13.1. The molecule has 6 nitrogen and oxygen atoms in total. The van der Waals surface area contributed by atoms with Gasteiger partial charge in [0.2, 0.25) is 15.7 Å². The van der Waals surface area contributed by atoms with Crippen LogP contribution in [0.1, 0.15) is 33.1 Å². The molecule has 0 spiro atoms. The van der Waals surface area contributed by atoms with Crippen LogP contribution in [0.4, 0.5) is 5.69 Å². The van der Waals surface area contributed by atoms with Crippen LogP contribution in [0, 0.1) is 0 Å². The number of anilines is 1. The molecule has 3 aromatic rings. The van der Waals surface area contributed by atoms with Gasteiger partial charge in [-0.3, -0.25) is 4.79 Å². The summed E-state index contributed by atoms with van der Waals surface area (Å²) in [5.41, 5.74) is 1.59. The van der Waals surface area contributed by atoms with Gasteiger partial charge in [0.05, 0.1) is 23.3 Å². The van der Waals surface area contributed by atoms with Crippen molar-refractivity contribution in [1.29, 1.82) is 0 Å². The lowest BCUT2D eigenvalue weighted by molar-refractivity contribution is -0.116. The summed E-state index contributed by atoms with van der Waals surface area (Å²) in [6.45, 7) is 0. The minimum absolute atomic E-state index is 0.105. The van der Waals surface area contributed by atoms with Crippen molar-refractivity contribution < 1.29 is 22.7 Å². The van der Waals surface area contributed by atoms with Crippen molar-refractivity contribution in [2.45, 2.75) is 22.1 Å². The monoisotopic (exact) mass is 427 g/mol. The van der Waals surface area contributed by atoms with Crippen molar-refractivity contribution in [1.82, 2.24) is 0 Å². The summed E-state index contributed by atoms with van der Waals surface area (Å²) >= 11 is 1.31. The van der Waals surface area contributed by atoms with Crippen LogP contribution in [-0.2, 0) is 19.4 Å². The van der Waals surface area contributed by atoms with Gasteiger partial charge >= 0.3 is 5.97 Å². The van der Waals surface area contributed by atoms with Crippen LogP contribution in [0.3, 0.4) is 0 Å². The minimum Gasteiger partial charge on any atom is -0.465 e. The van der Waals surface area contributed by atoms with Crippen molar-refractivity contribution in [2.75, 3.05) is 12.4 Å². The van der Waals surface area contributed by atoms with Crippen LogP contribution in [0.2, 0.25) is 0 Å². The second-order valence-corrected chi connectivity index (χ2v) is 9.40. The molecule has 1 aliphatic rings. The highest BCUT2D eigenvalue weighted by Gasteiger charge is 2.34. The number of hydrogen-bond acceptors (Lipinski definition) is 6. The number of carbonyl (C=O) groups excluding carboxylic acids is 2. The molecule has 0 fully saturated rings. The summed E-state index contributed by atoms with van der Waals surface area (Å²) in [4.78, 5) is 25.1. The number of fused-ring (bicyclic) bond motifs is 1. The molecular weight excluding hydrogens is 410 g/mol. The predicted octanol–water partition coefficient (Wildman–Crippen LogP) is 3.84. The van der Waals surface area contributed by atoms with Gasteiger partial charge in [-0.25, -0.2) is 13.2 Å². The predicted molar refractivity (Wildman–Crippen MR) is 109 cm³/mol. The summed E-state index contributed by atoms with van der Waals surface area (Å²) in [5.74, 6) is -0.969. The number of rotatable bonds is 4. The topological polar surface area (TPSA) is 89.5 Å². The molecule has 0 bridgehead atoms. The highest BCUT2D eigenvalue weighted by atomic mass is 32.2. The van der Waals surface area contributed by atoms with E-state index in [1.165, 1.54) is 30.6 Å². The van der Waals surface area contributed by atoms with Gasteiger partial charge in [0, 0.05) is 22.6 Å². The van der Waals surface area contributed by atoms with Crippen molar-refractivity contribution in [2.24, 2.45) is 0 Å². The van der Waals surface area contributed by atoms with E-state index in [2.05, 4.69) is 5.32 Å². The molecule has 1 N–H and O–H groups in total. The first-order chi connectivity index (χ1) is 13.9. The molecule has 1 aromatic heterocycles. The highest BCUT2D eigenvalue weighted by molar-refractivity contribution is 7.91. The van der Waals surface area contributed by atoms with Crippen LogP contribution in [0.5, 0.6) is 0 Å². The van der Waals surface area contributed by atoms with Gasteiger partial charge in [0.15, 0.2) is 0 Å². The molecule has 148 valence electrons. The van der Waals surface area contributed by atoms with Gasteiger partial charge < -0.3 is 10.1 Å². The molecule has 1 unspecified atom stereocenters. The Kier molecular flexibility index (Phi) is 4.97. The van der Waals surface area contributed by atoms with Crippen molar-refractivity contribution >= 4 is 38.7 Å². The van der Waals surface area contributed by atoms with Gasteiger partial charge in [0.1, 0.15) is 4.90 Å². The number of amides is 1. The molecule has 1 aliphatic heterocycles. The number of sulfone groups is 1. The van der Waals surface area contributed by atoms with E-state index in [-0.39, 0.29) is 28.0 Å². The van der Waals surface area contributed by atoms with Gasteiger partial charge in [-0.2, -0.15) is 0 Å². The lowest BCUT2D eigenvalue weighted by Crippen LogP contribution is -2.23. The third-order valence-electron chi connectivity index (χ3n) is 4.83. The molecule has 0 radical (unpaired) electrons. The van der Waals surface area contributed by atoms with Crippen LogP contribution >= 0.6 is 11.3 Å². The van der Waals surface area contributed by atoms with E-state index < -0.39 is 15.8 Å². The average Bonchev–Trinajstić information content (AvgIpc) is 3.18. The Morgan fingerprint density at radius 1 is 1.10 bits per heavy atom.